The molecule has 1 N–H and O–H groups in total. The van der Waals surface area contributed by atoms with Crippen molar-refractivity contribution in [1.29, 1.82) is 0 Å². The number of rotatable bonds is 4. The molecule has 3 heterocycles. The molecule has 0 aliphatic carbocycles. The van der Waals surface area contributed by atoms with Gasteiger partial charge < -0.3 is 9.67 Å². The largest absolute Gasteiger partial charge is 0.481 e. The fourth-order valence-electron chi connectivity index (χ4n) is 3.30. The van der Waals surface area contributed by atoms with Crippen molar-refractivity contribution in [2.75, 3.05) is 0 Å². The molecule has 0 saturated heterocycles. The van der Waals surface area contributed by atoms with Gasteiger partial charge in [-0.05, 0) is 43.7 Å². The molecule has 1 aromatic carbocycles. The first-order chi connectivity index (χ1) is 13.0. The van der Waals surface area contributed by atoms with Crippen LogP contribution in [0.4, 0.5) is 0 Å². The lowest BCUT2D eigenvalue weighted by Crippen LogP contribution is -2.09. The molecule has 27 heavy (non-hydrogen) atoms. The van der Waals surface area contributed by atoms with E-state index in [9.17, 15) is 4.79 Å². The molecule has 4 rings (SSSR count). The highest BCUT2D eigenvalue weighted by atomic mass is 35.5. The van der Waals surface area contributed by atoms with E-state index in [1.807, 2.05) is 54.1 Å². The highest BCUT2D eigenvalue weighted by Crippen LogP contribution is 2.33. The first-order valence-electron chi connectivity index (χ1n) is 8.60. The van der Waals surface area contributed by atoms with E-state index in [0.29, 0.717) is 22.8 Å². The number of hydrogen-bond donors (Lipinski definition) is 1. The summed E-state index contributed by atoms with van der Waals surface area (Å²) in [5.41, 5.74) is 3.99. The zero-order chi connectivity index (χ0) is 19.0. The number of hydrogen-bond acceptors (Lipinski definition) is 4. The van der Waals surface area contributed by atoms with Gasteiger partial charge in [0.25, 0.3) is 0 Å². The van der Waals surface area contributed by atoms with Crippen molar-refractivity contribution >= 4 is 23.3 Å². The average Bonchev–Trinajstić information content (AvgIpc) is 2.98. The van der Waals surface area contributed by atoms with Gasteiger partial charge in [-0.3, -0.25) is 14.8 Å². The number of carboxylic acid groups (broad SMARTS) is 1. The average molecular weight is 381 g/mol. The van der Waals surface area contributed by atoms with E-state index in [0.717, 1.165) is 22.8 Å². The molecule has 0 radical (unpaired) electrons. The van der Waals surface area contributed by atoms with Crippen molar-refractivity contribution in [3.8, 4) is 5.69 Å². The Hall–Kier alpha value is -2.99. The summed E-state index contributed by atoms with van der Waals surface area (Å²) in [6, 6.07) is 10.9. The van der Waals surface area contributed by atoms with E-state index in [2.05, 4.69) is 9.97 Å². The van der Waals surface area contributed by atoms with Gasteiger partial charge in [0.05, 0.1) is 22.8 Å². The molecule has 0 spiro atoms. The number of aromatic nitrogens is 3. The quantitative estimate of drug-likeness (QED) is 0.742. The highest BCUT2D eigenvalue weighted by Gasteiger charge is 2.27. The predicted molar refractivity (Wildman–Crippen MR) is 103 cm³/mol. The molecule has 7 heteroatoms. The molecule has 2 aromatic heterocycles. The molecule has 0 amide bonds. The van der Waals surface area contributed by atoms with Gasteiger partial charge in [0.1, 0.15) is 11.9 Å². The number of aryl methyl sites for hydroxylation is 1. The first kappa shape index (κ1) is 17.4. The van der Waals surface area contributed by atoms with E-state index < -0.39 is 12.0 Å². The molecule has 3 aromatic rings. The third-order valence-corrected chi connectivity index (χ3v) is 4.68. The standard InChI is InChI=1S/C20H17ClN4O2/c1-12-11-25-17-7-5-13(21)10-14(17)19(15-4-2-3-9-22-15)24-16(20(25)23-12)6-8-18(26)27/h2-5,7,9-11,16H,6,8H2,1H3,(H,26,27)/t16-/m0/s1. The Morgan fingerprint density at radius 2 is 2.15 bits per heavy atom. The summed E-state index contributed by atoms with van der Waals surface area (Å²) in [5.74, 6) is -0.132. The van der Waals surface area contributed by atoms with Crippen LogP contribution in [0.2, 0.25) is 5.02 Å². The van der Waals surface area contributed by atoms with Crippen LogP contribution in [0.5, 0.6) is 0 Å². The van der Waals surface area contributed by atoms with Crippen LogP contribution < -0.4 is 0 Å². The fourth-order valence-corrected chi connectivity index (χ4v) is 3.47. The van der Waals surface area contributed by atoms with Crippen LogP contribution in [0.1, 0.15) is 41.7 Å². The zero-order valence-electron chi connectivity index (χ0n) is 14.6. The third kappa shape index (κ3) is 3.36. The molecule has 0 bridgehead atoms. The maximum Gasteiger partial charge on any atom is 0.303 e. The van der Waals surface area contributed by atoms with Crippen LogP contribution in [0.15, 0.2) is 53.8 Å². The first-order valence-corrected chi connectivity index (χ1v) is 8.98. The molecule has 136 valence electrons. The van der Waals surface area contributed by atoms with Crippen molar-refractivity contribution in [3.63, 3.8) is 0 Å². The summed E-state index contributed by atoms with van der Waals surface area (Å²) >= 11 is 6.28. The number of halogens is 1. The number of nitrogens with zero attached hydrogens (tertiary/aromatic N) is 4. The number of carboxylic acids is 1. The smallest absolute Gasteiger partial charge is 0.303 e. The van der Waals surface area contributed by atoms with E-state index in [4.69, 9.17) is 21.7 Å². The van der Waals surface area contributed by atoms with Gasteiger partial charge in [0, 0.05) is 29.4 Å². The summed E-state index contributed by atoms with van der Waals surface area (Å²) in [5, 5.41) is 9.75. The zero-order valence-corrected chi connectivity index (χ0v) is 15.4. The SMILES string of the molecule is Cc1cn2c(n1)[C@H](CCC(=O)O)N=C(c1ccccn1)c1cc(Cl)ccc1-2. The lowest BCUT2D eigenvalue weighted by Gasteiger charge is -2.11. The Labute approximate surface area is 161 Å². The van der Waals surface area contributed by atoms with Crippen LogP contribution in [0, 0.1) is 6.92 Å². The number of carbonyl (C=O) groups is 1. The number of pyridine rings is 1. The van der Waals surface area contributed by atoms with Crippen LogP contribution in [0.3, 0.4) is 0 Å². The maximum atomic E-state index is 11.2. The highest BCUT2D eigenvalue weighted by molar-refractivity contribution is 6.31. The van der Waals surface area contributed by atoms with E-state index in [1.165, 1.54) is 0 Å². The molecule has 1 aliphatic rings. The Bertz CT molecular complexity index is 1040. The van der Waals surface area contributed by atoms with Gasteiger partial charge in [0.2, 0.25) is 0 Å². The van der Waals surface area contributed by atoms with Crippen molar-refractivity contribution < 1.29 is 9.90 Å². The molecule has 0 fully saturated rings. The van der Waals surface area contributed by atoms with Crippen molar-refractivity contribution in [2.45, 2.75) is 25.8 Å². The second kappa shape index (κ2) is 6.96. The van der Waals surface area contributed by atoms with Gasteiger partial charge in [-0.1, -0.05) is 17.7 Å². The van der Waals surface area contributed by atoms with E-state index >= 15 is 0 Å². The van der Waals surface area contributed by atoms with Gasteiger partial charge in [-0.25, -0.2) is 4.98 Å². The summed E-state index contributed by atoms with van der Waals surface area (Å²) in [6.07, 6.45) is 4.01. The molecular weight excluding hydrogens is 364 g/mol. The van der Waals surface area contributed by atoms with Crippen molar-refractivity contribution in [2.24, 2.45) is 4.99 Å². The Balaban J connectivity index is 1.96. The van der Waals surface area contributed by atoms with Crippen molar-refractivity contribution in [3.05, 3.63) is 76.6 Å². The normalized spacial score (nSPS) is 15.5. The molecule has 1 atom stereocenters. The van der Waals surface area contributed by atoms with Gasteiger partial charge in [0.15, 0.2) is 0 Å². The topological polar surface area (TPSA) is 80.4 Å². The summed E-state index contributed by atoms with van der Waals surface area (Å²) in [4.78, 5) is 25.1. The third-order valence-electron chi connectivity index (χ3n) is 4.45. The summed E-state index contributed by atoms with van der Waals surface area (Å²) in [6.45, 7) is 1.91. The predicted octanol–water partition coefficient (Wildman–Crippen LogP) is 3.99. The molecule has 0 unspecified atom stereocenters. The lowest BCUT2D eigenvalue weighted by atomic mass is 10.0. The molecule has 1 aliphatic heterocycles. The minimum atomic E-state index is -0.857. The number of imidazole rings is 1. The number of aliphatic carboxylic acids is 1. The van der Waals surface area contributed by atoms with E-state index in [1.54, 1.807) is 6.20 Å². The minimum absolute atomic E-state index is 0.00662. The molecule has 0 saturated carbocycles. The van der Waals surface area contributed by atoms with Crippen molar-refractivity contribution in [1.82, 2.24) is 14.5 Å². The van der Waals surface area contributed by atoms with Gasteiger partial charge in [-0.2, -0.15) is 0 Å². The van der Waals surface area contributed by atoms with E-state index in [-0.39, 0.29) is 6.42 Å². The number of fused-ring (bicyclic) bond motifs is 3. The van der Waals surface area contributed by atoms with Gasteiger partial charge in [-0.15, -0.1) is 0 Å². The Morgan fingerprint density at radius 1 is 1.30 bits per heavy atom. The second-order valence-electron chi connectivity index (χ2n) is 6.41. The Morgan fingerprint density at radius 3 is 2.89 bits per heavy atom. The number of aliphatic imine (C=N–C) groups is 1. The maximum absolute atomic E-state index is 11.2. The van der Waals surface area contributed by atoms with Crippen LogP contribution in [0.25, 0.3) is 5.69 Å². The van der Waals surface area contributed by atoms with Gasteiger partial charge >= 0.3 is 5.97 Å². The second-order valence-corrected chi connectivity index (χ2v) is 6.85. The fraction of sp³-hybridized carbons (Fsp3) is 0.200. The Kier molecular flexibility index (Phi) is 4.49. The monoisotopic (exact) mass is 380 g/mol. The number of benzene rings is 1. The molecule has 6 nitrogen and oxygen atoms in total. The summed E-state index contributed by atoms with van der Waals surface area (Å²) in [7, 11) is 0. The lowest BCUT2D eigenvalue weighted by molar-refractivity contribution is -0.137. The van der Waals surface area contributed by atoms with Crippen LogP contribution in [-0.2, 0) is 4.79 Å². The van der Waals surface area contributed by atoms with Crippen LogP contribution >= 0.6 is 11.6 Å². The minimum Gasteiger partial charge on any atom is -0.481 e. The van der Waals surface area contributed by atoms with Crippen LogP contribution in [-0.4, -0.2) is 31.3 Å². The molecular formula is C20H17ClN4O2. The summed E-state index contributed by atoms with van der Waals surface area (Å²) < 4.78 is 1.98.